The van der Waals surface area contributed by atoms with Gasteiger partial charge in [0.1, 0.15) is 0 Å². The molecule has 0 unspecified atom stereocenters. The largest absolute Gasteiger partial charge is 0.296 e. The van der Waals surface area contributed by atoms with Gasteiger partial charge in [-0.15, -0.1) is 23.2 Å². The minimum atomic E-state index is -0.352. The molecule has 0 radical (unpaired) electrons. The van der Waals surface area contributed by atoms with Gasteiger partial charge in [0, 0.05) is 24.6 Å². The molecule has 0 saturated carbocycles. The summed E-state index contributed by atoms with van der Waals surface area (Å²) in [7, 11) is 0. The molecule has 0 spiro atoms. The van der Waals surface area contributed by atoms with E-state index in [1.54, 1.807) is 0 Å². The predicted molar refractivity (Wildman–Crippen MR) is 43.8 cm³/mol. The lowest BCUT2D eigenvalue weighted by Gasteiger charge is -1.99. The van der Waals surface area contributed by atoms with Crippen molar-refractivity contribution in [3.05, 3.63) is 0 Å². The summed E-state index contributed by atoms with van der Waals surface area (Å²) in [5.74, 6) is -0.259. The summed E-state index contributed by atoms with van der Waals surface area (Å²) in [5.41, 5.74) is 0. The maximum Gasteiger partial charge on any atom is 0.227 e. The number of carbonyl (C=O) groups is 2. The Kier molecular flexibility index (Phi) is 6.27. The van der Waals surface area contributed by atoms with Gasteiger partial charge in [-0.3, -0.25) is 14.9 Å². The van der Waals surface area contributed by atoms with E-state index >= 15 is 0 Å². The van der Waals surface area contributed by atoms with Gasteiger partial charge in [-0.1, -0.05) is 0 Å². The Morgan fingerprint density at radius 1 is 1.00 bits per heavy atom. The Labute approximate surface area is 75.0 Å². The van der Waals surface area contributed by atoms with E-state index in [4.69, 9.17) is 23.2 Å². The van der Waals surface area contributed by atoms with E-state index in [-0.39, 0.29) is 36.4 Å². The number of nitrogens with one attached hydrogen (secondary N) is 1. The summed E-state index contributed by atoms with van der Waals surface area (Å²) in [4.78, 5) is 21.3. The molecule has 5 heteroatoms. The summed E-state index contributed by atoms with van der Waals surface area (Å²) < 4.78 is 0. The lowest BCUT2D eigenvalue weighted by atomic mass is 10.4. The summed E-state index contributed by atoms with van der Waals surface area (Å²) in [6.07, 6.45) is 0.325. The fraction of sp³-hybridized carbons (Fsp3) is 0.667. The summed E-state index contributed by atoms with van der Waals surface area (Å²) in [6, 6.07) is 0. The Hall–Kier alpha value is -0.280. The van der Waals surface area contributed by atoms with Crippen LogP contribution in [-0.2, 0) is 9.59 Å². The minimum Gasteiger partial charge on any atom is -0.296 e. The number of carbonyl (C=O) groups excluding carboxylic acids is 2. The maximum absolute atomic E-state index is 10.7. The SMILES string of the molecule is O=C(CCCl)NC(=O)CCCl. The van der Waals surface area contributed by atoms with E-state index in [2.05, 4.69) is 5.32 Å². The fourth-order valence-corrected chi connectivity index (χ4v) is 0.795. The van der Waals surface area contributed by atoms with Gasteiger partial charge in [-0.2, -0.15) is 0 Å². The summed E-state index contributed by atoms with van der Waals surface area (Å²) in [6.45, 7) is 0. The zero-order valence-electron chi connectivity index (χ0n) is 5.90. The molecule has 0 atom stereocenters. The van der Waals surface area contributed by atoms with Gasteiger partial charge in [0.25, 0.3) is 0 Å². The van der Waals surface area contributed by atoms with Crippen LogP contribution in [0.1, 0.15) is 12.8 Å². The Morgan fingerprint density at radius 2 is 1.36 bits per heavy atom. The van der Waals surface area contributed by atoms with E-state index in [1.807, 2.05) is 0 Å². The second-order valence-corrected chi connectivity index (χ2v) is 2.61. The van der Waals surface area contributed by atoms with Gasteiger partial charge in [-0.25, -0.2) is 0 Å². The quantitative estimate of drug-likeness (QED) is 0.681. The molecule has 3 nitrogen and oxygen atoms in total. The molecular formula is C6H9Cl2NO2. The zero-order chi connectivity index (χ0) is 8.69. The van der Waals surface area contributed by atoms with Gasteiger partial charge < -0.3 is 0 Å². The lowest BCUT2D eigenvalue weighted by Crippen LogP contribution is -2.30. The highest BCUT2D eigenvalue weighted by Crippen LogP contribution is 1.87. The third kappa shape index (κ3) is 6.13. The molecule has 1 N–H and O–H groups in total. The highest BCUT2D eigenvalue weighted by Gasteiger charge is 2.05. The lowest BCUT2D eigenvalue weighted by molar-refractivity contribution is -0.129. The van der Waals surface area contributed by atoms with Crippen LogP contribution >= 0.6 is 23.2 Å². The van der Waals surface area contributed by atoms with Gasteiger partial charge in [-0.05, 0) is 0 Å². The van der Waals surface area contributed by atoms with E-state index in [9.17, 15) is 9.59 Å². The van der Waals surface area contributed by atoms with Crippen molar-refractivity contribution >= 4 is 35.0 Å². The number of halogens is 2. The molecule has 2 amide bonds. The van der Waals surface area contributed by atoms with Crippen LogP contribution in [0.3, 0.4) is 0 Å². The molecule has 0 aromatic rings. The first-order chi connectivity index (χ1) is 5.20. The molecule has 64 valence electrons. The van der Waals surface area contributed by atoms with Crippen LogP contribution in [0.2, 0.25) is 0 Å². The number of rotatable bonds is 4. The van der Waals surface area contributed by atoms with E-state index in [1.165, 1.54) is 0 Å². The van der Waals surface area contributed by atoms with Crippen molar-refractivity contribution in [1.82, 2.24) is 5.32 Å². The second kappa shape index (κ2) is 6.43. The molecule has 11 heavy (non-hydrogen) atoms. The van der Waals surface area contributed by atoms with Crippen LogP contribution in [-0.4, -0.2) is 23.6 Å². The molecule has 0 rings (SSSR count). The predicted octanol–water partition coefficient (Wildman–Crippen LogP) is 0.887. The topological polar surface area (TPSA) is 46.2 Å². The number of imide groups is 1. The number of hydrogen-bond acceptors (Lipinski definition) is 2. The first kappa shape index (κ1) is 10.7. The fourth-order valence-electron chi connectivity index (χ4n) is 0.452. The highest BCUT2D eigenvalue weighted by molar-refractivity contribution is 6.20. The number of alkyl halides is 2. The number of amides is 2. The molecule has 0 heterocycles. The maximum atomic E-state index is 10.7. The molecule has 0 saturated heterocycles. The molecule has 0 fully saturated rings. The average Bonchev–Trinajstić information content (AvgIpc) is 1.87. The highest BCUT2D eigenvalue weighted by atomic mass is 35.5. The van der Waals surface area contributed by atoms with Crippen molar-refractivity contribution in [1.29, 1.82) is 0 Å². The van der Waals surface area contributed by atoms with Crippen molar-refractivity contribution < 1.29 is 9.59 Å². The molecule has 0 aliphatic rings. The first-order valence-corrected chi connectivity index (χ1v) is 4.22. The second-order valence-electron chi connectivity index (χ2n) is 1.85. The molecule has 0 bridgehead atoms. The van der Waals surface area contributed by atoms with Crippen molar-refractivity contribution in [2.45, 2.75) is 12.8 Å². The third-order valence-electron chi connectivity index (χ3n) is 0.922. The van der Waals surface area contributed by atoms with Gasteiger partial charge in [0.15, 0.2) is 0 Å². The van der Waals surface area contributed by atoms with E-state index < -0.39 is 0 Å². The van der Waals surface area contributed by atoms with Gasteiger partial charge >= 0.3 is 0 Å². The molecule has 0 aromatic heterocycles. The van der Waals surface area contributed by atoms with Crippen molar-refractivity contribution in [2.24, 2.45) is 0 Å². The monoisotopic (exact) mass is 197 g/mol. The Bertz CT molecular complexity index is 134. The van der Waals surface area contributed by atoms with Crippen LogP contribution in [0, 0.1) is 0 Å². The number of hydrogen-bond donors (Lipinski definition) is 1. The van der Waals surface area contributed by atoms with Crippen LogP contribution < -0.4 is 5.32 Å². The van der Waals surface area contributed by atoms with Gasteiger partial charge in [0.05, 0.1) is 0 Å². The smallest absolute Gasteiger partial charge is 0.227 e. The summed E-state index contributed by atoms with van der Waals surface area (Å²) >= 11 is 10.5. The van der Waals surface area contributed by atoms with Crippen LogP contribution in [0.25, 0.3) is 0 Å². The average molecular weight is 198 g/mol. The molecule has 0 aromatic carbocycles. The first-order valence-electron chi connectivity index (χ1n) is 3.15. The van der Waals surface area contributed by atoms with Crippen LogP contribution in [0.15, 0.2) is 0 Å². The Balaban J connectivity index is 3.49. The standard InChI is InChI=1S/C6H9Cl2NO2/c7-3-1-5(10)9-6(11)2-4-8/h1-4H2,(H,9,10,11). The van der Waals surface area contributed by atoms with Crippen LogP contribution in [0.4, 0.5) is 0 Å². The molecule has 0 aliphatic heterocycles. The van der Waals surface area contributed by atoms with Crippen molar-refractivity contribution in [3.63, 3.8) is 0 Å². The Morgan fingerprint density at radius 3 is 1.64 bits per heavy atom. The van der Waals surface area contributed by atoms with Crippen LogP contribution in [0.5, 0.6) is 0 Å². The normalized spacial score (nSPS) is 9.27. The van der Waals surface area contributed by atoms with E-state index in [0.717, 1.165) is 0 Å². The summed E-state index contributed by atoms with van der Waals surface area (Å²) in [5, 5.41) is 2.13. The van der Waals surface area contributed by atoms with Crippen molar-refractivity contribution in [2.75, 3.05) is 11.8 Å². The van der Waals surface area contributed by atoms with E-state index in [0.29, 0.717) is 0 Å². The minimum absolute atomic E-state index is 0.162. The molecular weight excluding hydrogens is 189 g/mol. The zero-order valence-corrected chi connectivity index (χ0v) is 7.41. The third-order valence-corrected chi connectivity index (χ3v) is 1.30. The molecule has 0 aliphatic carbocycles. The van der Waals surface area contributed by atoms with Crippen molar-refractivity contribution in [3.8, 4) is 0 Å². The van der Waals surface area contributed by atoms with Gasteiger partial charge in [0.2, 0.25) is 11.8 Å².